The lowest BCUT2D eigenvalue weighted by Crippen LogP contribution is -2.74. The largest absolute Gasteiger partial charge is 0.299 e. The molecule has 0 unspecified atom stereocenters. The van der Waals surface area contributed by atoms with Crippen molar-refractivity contribution in [1.29, 1.82) is 0 Å². The highest BCUT2D eigenvalue weighted by molar-refractivity contribution is 7.26. The van der Waals surface area contributed by atoms with E-state index in [9.17, 15) is 0 Å². The molecule has 0 saturated carbocycles. The molecule has 0 spiro atoms. The van der Waals surface area contributed by atoms with Gasteiger partial charge in [0.1, 0.15) is 11.5 Å². The van der Waals surface area contributed by atoms with Crippen LogP contribution in [0.15, 0.2) is 195 Å². The van der Waals surface area contributed by atoms with Crippen molar-refractivity contribution in [1.82, 2.24) is 18.9 Å². The number of hydrogen-bond acceptors (Lipinski definition) is 3. The van der Waals surface area contributed by atoms with Gasteiger partial charge in [-0.05, 0) is 68.6 Å². The predicted molar refractivity (Wildman–Crippen MR) is 239 cm³/mol. The molecule has 0 bridgehead atoms. The Kier molecular flexibility index (Phi) is 6.79. The molecule has 0 saturated heterocycles. The second-order valence-corrected chi connectivity index (χ2v) is 19.5. The van der Waals surface area contributed by atoms with E-state index in [-0.39, 0.29) is 0 Å². The smallest absolute Gasteiger partial charge is 0.179 e. The van der Waals surface area contributed by atoms with Crippen LogP contribution in [0.3, 0.4) is 0 Å². The monoisotopic (exact) mass is 748 g/mol. The molecule has 4 nitrogen and oxygen atoms in total. The van der Waals surface area contributed by atoms with Gasteiger partial charge in [-0.1, -0.05) is 133 Å². The average molecular weight is 749 g/mol. The fraction of sp³-hybridized carbons (Fsp3) is 0. The number of nitrogens with zero attached hydrogens (tertiary/aromatic N) is 4. The second-order valence-electron chi connectivity index (χ2n) is 14.6. The van der Waals surface area contributed by atoms with Gasteiger partial charge in [-0.3, -0.25) is 8.97 Å². The number of para-hydroxylation sites is 1. The van der Waals surface area contributed by atoms with Crippen LogP contribution < -0.4 is 20.7 Å². The Labute approximate surface area is 327 Å². The topological polar surface area (TPSA) is 35.1 Å². The number of aromatic nitrogens is 4. The summed E-state index contributed by atoms with van der Waals surface area (Å²) < 4.78 is 7.23. The van der Waals surface area contributed by atoms with Crippen molar-refractivity contribution in [3.05, 3.63) is 195 Å². The van der Waals surface area contributed by atoms with Gasteiger partial charge < -0.3 is 0 Å². The Morgan fingerprint density at radius 1 is 0.393 bits per heavy atom. The zero-order valence-electron chi connectivity index (χ0n) is 30.2. The third kappa shape index (κ3) is 4.39. The average Bonchev–Trinajstić information content (AvgIpc) is 3.99. The first-order chi connectivity index (χ1) is 27.8. The van der Waals surface area contributed by atoms with Crippen molar-refractivity contribution in [2.75, 3.05) is 0 Å². The minimum Gasteiger partial charge on any atom is -0.299 e. The number of benzene rings is 7. The zero-order chi connectivity index (χ0) is 36.8. The summed E-state index contributed by atoms with van der Waals surface area (Å²) in [6.07, 6.45) is 5.90. The minimum atomic E-state index is -2.98. The standard InChI is InChI=1S/C50H32N4SSi/c1-3-13-33(14-4-1)56(34-15-5-2-6-16-34,35-22-24-37-38-17-7-9-19-44(38)53-28-27-52-50(53)43(37)29-35)36-23-25-39-41-32-48-42(40-18-8-10-20-47(40)55-48)31-46(41)54(45(39)30-36)49-21-11-12-26-51-49/h1-32H. The molecule has 0 N–H and O–H groups in total. The molecule has 0 aliphatic carbocycles. The van der Waals surface area contributed by atoms with E-state index in [4.69, 9.17) is 9.97 Å². The Bertz CT molecular complexity index is 3440. The maximum absolute atomic E-state index is 4.97. The fourth-order valence-electron chi connectivity index (χ4n) is 9.38. The van der Waals surface area contributed by atoms with E-state index in [1.807, 2.05) is 29.8 Å². The molecule has 0 radical (unpaired) electrons. The lowest BCUT2D eigenvalue weighted by molar-refractivity contribution is 1.08. The highest BCUT2D eigenvalue weighted by atomic mass is 32.1. The molecular weight excluding hydrogens is 717 g/mol. The summed E-state index contributed by atoms with van der Waals surface area (Å²) >= 11 is 1.87. The van der Waals surface area contributed by atoms with Crippen LogP contribution in [0.4, 0.5) is 0 Å². The first kappa shape index (κ1) is 31.5. The van der Waals surface area contributed by atoms with E-state index in [1.165, 1.54) is 62.5 Å². The lowest BCUT2D eigenvalue weighted by atomic mass is 10.1. The quantitative estimate of drug-likeness (QED) is 0.0999. The van der Waals surface area contributed by atoms with Crippen LogP contribution >= 0.6 is 11.3 Å². The Morgan fingerprint density at radius 3 is 1.84 bits per heavy atom. The summed E-state index contributed by atoms with van der Waals surface area (Å²) in [7, 11) is -2.98. The molecule has 0 aliphatic heterocycles. The second kappa shape index (κ2) is 12.1. The van der Waals surface area contributed by atoms with Crippen molar-refractivity contribution in [3.63, 3.8) is 0 Å². The number of thiophene rings is 1. The molecule has 0 fully saturated rings. The molecule has 5 heterocycles. The van der Waals surface area contributed by atoms with Gasteiger partial charge in [-0.25, -0.2) is 9.97 Å². The van der Waals surface area contributed by atoms with Crippen LogP contribution in [0.5, 0.6) is 0 Å². The van der Waals surface area contributed by atoms with Crippen molar-refractivity contribution in [2.45, 2.75) is 0 Å². The van der Waals surface area contributed by atoms with Gasteiger partial charge in [0.05, 0.1) is 16.6 Å². The number of rotatable bonds is 5. The minimum absolute atomic E-state index is 0.912. The molecule has 12 rings (SSSR count). The van der Waals surface area contributed by atoms with Crippen molar-refractivity contribution >= 4 is 109 Å². The molecule has 0 atom stereocenters. The number of imidazole rings is 1. The van der Waals surface area contributed by atoms with Gasteiger partial charge in [0.2, 0.25) is 0 Å². The van der Waals surface area contributed by atoms with Crippen LogP contribution in [-0.4, -0.2) is 27.0 Å². The molecule has 0 amide bonds. The number of hydrogen-bond donors (Lipinski definition) is 0. The van der Waals surface area contributed by atoms with Gasteiger partial charge >= 0.3 is 0 Å². The SMILES string of the molecule is c1ccc([Si](c2ccccc2)(c2ccc3c4ccccc4n4ccnc4c3c2)c2ccc3c4cc5sc6ccccc6c5cc4n(-c4ccccn4)c3c2)cc1. The summed E-state index contributed by atoms with van der Waals surface area (Å²) in [6, 6.07) is 65.3. The third-order valence-corrected chi connectivity index (χ3v) is 17.7. The van der Waals surface area contributed by atoms with Crippen molar-refractivity contribution in [2.24, 2.45) is 0 Å². The van der Waals surface area contributed by atoms with Gasteiger partial charge in [0.15, 0.2) is 8.07 Å². The van der Waals surface area contributed by atoms with Crippen LogP contribution in [0.25, 0.3) is 75.1 Å². The van der Waals surface area contributed by atoms with E-state index in [0.29, 0.717) is 0 Å². The van der Waals surface area contributed by atoms with E-state index in [1.54, 1.807) is 0 Å². The lowest BCUT2D eigenvalue weighted by Gasteiger charge is -2.35. The first-order valence-corrected chi connectivity index (χ1v) is 21.8. The van der Waals surface area contributed by atoms with E-state index in [2.05, 4.69) is 185 Å². The summed E-state index contributed by atoms with van der Waals surface area (Å²) in [5.41, 5.74) is 4.46. The van der Waals surface area contributed by atoms with Crippen LogP contribution in [-0.2, 0) is 0 Å². The molecular formula is C50H32N4SSi. The molecule has 5 aromatic heterocycles. The highest BCUT2D eigenvalue weighted by Crippen LogP contribution is 2.40. The Morgan fingerprint density at radius 2 is 1.05 bits per heavy atom. The van der Waals surface area contributed by atoms with Gasteiger partial charge in [-0.15, -0.1) is 11.3 Å². The molecule has 0 aliphatic rings. The Hall–Kier alpha value is -6.86. The summed E-state index contributed by atoms with van der Waals surface area (Å²) in [5.74, 6) is 0.912. The van der Waals surface area contributed by atoms with E-state index < -0.39 is 8.07 Å². The van der Waals surface area contributed by atoms with Crippen LogP contribution in [0.1, 0.15) is 0 Å². The highest BCUT2D eigenvalue weighted by Gasteiger charge is 2.42. The van der Waals surface area contributed by atoms with Crippen molar-refractivity contribution < 1.29 is 0 Å². The number of pyridine rings is 2. The van der Waals surface area contributed by atoms with Gasteiger partial charge in [-0.2, -0.15) is 0 Å². The summed E-state index contributed by atoms with van der Waals surface area (Å²) in [6.45, 7) is 0. The van der Waals surface area contributed by atoms with Crippen molar-refractivity contribution in [3.8, 4) is 5.82 Å². The maximum Gasteiger partial charge on any atom is 0.179 e. The van der Waals surface area contributed by atoms with Gasteiger partial charge in [0, 0.05) is 60.3 Å². The van der Waals surface area contributed by atoms with Crippen LogP contribution in [0.2, 0.25) is 0 Å². The van der Waals surface area contributed by atoms with Crippen LogP contribution in [0, 0.1) is 0 Å². The van der Waals surface area contributed by atoms with E-state index in [0.717, 1.165) is 33.4 Å². The molecule has 262 valence electrons. The number of fused-ring (bicyclic) bond motifs is 12. The van der Waals surface area contributed by atoms with Gasteiger partial charge in [0.25, 0.3) is 0 Å². The molecule has 6 heteroatoms. The summed E-state index contributed by atoms with van der Waals surface area (Å²) in [5, 5.41) is 13.9. The maximum atomic E-state index is 4.97. The first-order valence-electron chi connectivity index (χ1n) is 19.0. The third-order valence-electron chi connectivity index (χ3n) is 11.8. The Balaban J connectivity index is 1.22. The predicted octanol–water partition coefficient (Wildman–Crippen LogP) is 9.88. The fourth-order valence-corrected chi connectivity index (χ4v) is 15.3. The molecule has 12 aromatic rings. The van der Waals surface area contributed by atoms with E-state index >= 15 is 0 Å². The normalized spacial score (nSPS) is 12.3. The zero-order valence-corrected chi connectivity index (χ0v) is 32.0. The molecule has 56 heavy (non-hydrogen) atoms. The molecule has 7 aromatic carbocycles. The summed E-state index contributed by atoms with van der Waals surface area (Å²) in [4.78, 5) is 9.92.